The zero-order valence-corrected chi connectivity index (χ0v) is 12.2. The second-order valence-corrected chi connectivity index (χ2v) is 6.23. The SMILES string of the molecule is C=CCN1CN=C(NS(=O)(=O)c2ccc(C)cc2)NC1. The van der Waals surface area contributed by atoms with Gasteiger partial charge in [0, 0.05) is 6.54 Å². The summed E-state index contributed by atoms with van der Waals surface area (Å²) < 4.78 is 26.8. The first-order chi connectivity index (χ1) is 9.51. The Kier molecular flexibility index (Phi) is 4.41. The predicted octanol–water partition coefficient (Wildman–Crippen LogP) is 0.636. The molecule has 1 aromatic rings. The van der Waals surface area contributed by atoms with E-state index in [0.717, 1.165) is 5.56 Å². The number of rotatable bonds is 4. The van der Waals surface area contributed by atoms with Crippen molar-refractivity contribution in [3.63, 3.8) is 0 Å². The summed E-state index contributed by atoms with van der Waals surface area (Å²) in [6.45, 7) is 7.23. The Labute approximate surface area is 119 Å². The van der Waals surface area contributed by atoms with Crippen LogP contribution in [-0.4, -0.2) is 39.2 Å². The summed E-state index contributed by atoms with van der Waals surface area (Å²) >= 11 is 0. The van der Waals surface area contributed by atoms with Crippen LogP contribution in [0.2, 0.25) is 0 Å². The highest BCUT2D eigenvalue weighted by Gasteiger charge is 2.18. The summed E-state index contributed by atoms with van der Waals surface area (Å²) in [5, 5.41) is 2.93. The molecule has 1 aliphatic rings. The molecule has 2 rings (SSSR count). The maximum atomic E-state index is 12.2. The van der Waals surface area contributed by atoms with Gasteiger partial charge in [-0.05, 0) is 19.1 Å². The molecule has 0 spiro atoms. The highest BCUT2D eigenvalue weighted by atomic mass is 32.2. The lowest BCUT2D eigenvalue weighted by molar-refractivity contribution is 0.291. The van der Waals surface area contributed by atoms with E-state index in [4.69, 9.17) is 0 Å². The van der Waals surface area contributed by atoms with Crippen molar-refractivity contribution in [1.82, 2.24) is 14.9 Å². The van der Waals surface area contributed by atoms with E-state index in [1.165, 1.54) is 0 Å². The number of nitrogens with one attached hydrogen (secondary N) is 2. The van der Waals surface area contributed by atoms with Crippen molar-refractivity contribution in [1.29, 1.82) is 0 Å². The predicted molar refractivity (Wildman–Crippen MR) is 78.7 cm³/mol. The zero-order valence-electron chi connectivity index (χ0n) is 11.3. The molecule has 7 heteroatoms. The Morgan fingerprint density at radius 2 is 2.15 bits per heavy atom. The van der Waals surface area contributed by atoms with E-state index in [1.54, 1.807) is 30.3 Å². The first-order valence-corrected chi connectivity index (χ1v) is 7.70. The molecule has 0 saturated heterocycles. The quantitative estimate of drug-likeness (QED) is 0.799. The lowest BCUT2D eigenvalue weighted by Gasteiger charge is -2.25. The van der Waals surface area contributed by atoms with E-state index in [0.29, 0.717) is 19.9 Å². The molecule has 1 heterocycles. The van der Waals surface area contributed by atoms with Gasteiger partial charge in [0.15, 0.2) is 0 Å². The summed E-state index contributed by atoms with van der Waals surface area (Å²) in [5.74, 6) is 0.269. The number of sulfonamides is 1. The Bertz CT molecular complexity index is 608. The highest BCUT2D eigenvalue weighted by molar-refractivity contribution is 7.90. The summed E-state index contributed by atoms with van der Waals surface area (Å²) in [4.78, 5) is 6.36. The Morgan fingerprint density at radius 3 is 2.70 bits per heavy atom. The molecule has 1 aromatic carbocycles. The highest BCUT2D eigenvalue weighted by Crippen LogP contribution is 2.09. The van der Waals surface area contributed by atoms with Gasteiger partial charge in [-0.15, -0.1) is 6.58 Å². The molecule has 0 saturated carbocycles. The van der Waals surface area contributed by atoms with Gasteiger partial charge in [0.2, 0.25) is 5.96 Å². The lowest BCUT2D eigenvalue weighted by Crippen LogP contribution is -2.50. The number of hydrogen-bond donors (Lipinski definition) is 2. The van der Waals surface area contributed by atoms with Gasteiger partial charge in [-0.2, -0.15) is 0 Å². The van der Waals surface area contributed by atoms with Crippen molar-refractivity contribution in [2.24, 2.45) is 4.99 Å². The van der Waals surface area contributed by atoms with Crippen molar-refractivity contribution in [2.75, 3.05) is 19.9 Å². The Balaban J connectivity index is 2.06. The molecule has 0 aliphatic carbocycles. The van der Waals surface area contributed by atoms with Crippen LogP contribution in [0.1, 0.15) is 5.56 Å². The van der Waals surface area contributed by atoms with Crippen molar-refractivity contribution >= 4 is 16.0 Å². The second kappa shape index (κ2) is 6.06. The smallest absolute Gasteiger partial charge is 0.264 e. The van der Waals surface area contributed by atoms with Crippen LogP contribution in [0.25, 0.3) is 0 Å². The van der Waals surface area contributed by atoms with E-state index in [1.807, 2.05) is 11.8 Å². The summed E-state index contributed by atoms with van der Waals surface area (Å²) in [7, 11) is -3.59. The zero-order chi connectivity index (χ0) is 14.6. The van der Waals surface area contributed by atoms with Gasteiger partial charge in [0.1, 0.15) is 0 Å². The molecule has 0 amide bonds. The third-order valence-electron chi connectivity index (χ3n) is 2.85. The molecule has 2 N–H and O–H groups in total. The number of aliphatic imine (C=N–C) groups is 1. The second-order valence-electron chi connectivity index (χ2n) is 4.54. The van der Waals surface area contributed by atoms with E-state index < -0.39 is 10.0 Å². The molecule has 1 aliphatic heterocycles. The Morgan fingerprint density at radius 1 is 1.45 bits per heavy atom. The van der Waals surface area contributed by atoms with Crippen LogP contribution < -0.4 is 10.0 Å². The van der Waals surface area contributed by atoms with Crippen LogP contribution >= 0.6 is 0 Å². The maximum absolute atomic E-state index is 12.2. The minimum Gasteiger partial charge on any atom is -0.343 e. The monoisotopic (exact) mass is 294 g/mol. The van der Waals surface area contributed by atoms with Gasteiger partial charge in [0.05, 0.1) is 18.2 Å². The molecule has 0 radical (unpaired) electrons. The average Bonchev–Trinajstić information content (AvgIpc) is 2.41. The van der Waals surface area contributed by atoms with Crippen molar-refractivity contribution < 1.29 is 8.42 Å². The average molecular weight is 294 g/mol. The minimum absolute atomic E-state index is 0.223. The molecule has 0 bridgehead atoms. The van der Waals surface area contributed by atoms with Crippen LogP contribution in [0.3, 0.4) is 0 Å². The van der Waals surface area contributed by atoms with Crippen molar-refractivity contribution in [2.45, 2.75) is 11.8 Å². The third kappa shape index (κ3) is 3.58. The molecule has 6 nitrogen and oxygen atoms in total. The fraction of sp³-hybridized carbons (Fsp3) is 0.308. The number of nitrogens with zero attached hydrogens (tertiary/aromatic N) is 2. The number of benzene rings is 1. The standard InChI is InChI=1S/C13H18N4O2S/c1-3-8-17-9-14-13(15-10-17)16-20(18,19)12-6-4-11(2)5-7-12/h3-7H,1,8-10H2,2H3,(H2,14,15,16). The summed E-state index contributed by atoms with van der Waals surface area (Å²) in [6, 6.07) is 6.67. The van der Waals surface area contributed by atoms with E-state index in [-0.39, 0.29) is 10.9 Å². The largest absolute Gasteiger partial charge is 0.343 e. The minimum atomic E-state index is -3.59. The van der Waals surface area contributed by atoms with E-state index >= 15 is 0 Å². The summed E-state index contributed by atoms with van der Waals surface area (Å²) in [6.07, 6.45) is 1.78. The fourth-order valence-corrected chi connectivity index (χ4v) is 2.74. The molecular weight excluding hydrogens is 276 g/mol. The molecule has 0 atom stereocenters. The number of guanidine groups is 1. The first-order valence-electron chi connectivity index (χ1n) is 6.22. The maximum Gasteiger partial charge on any atom is 0.264 e. The van der Waals surface area contributed by atoms with Gasteiger partial charge < -0.3 is 5.32 Å². The van der Waals surface area contributed by atoms with Crippen molar-refractivity contribution in [3.05, 3.63) is 42.5 Å². The topological polar surface area (TPSA) is 73.8 Å². The van der Waals surface area contributed by atoms with Crippen LogP contribution in [0.4, 0.5) is 0 Å². The van der Waals surface area contributed by atoms with Crippen LogP contribution in [0.15, 0.2) is 46.8 Å². The molecule has 0 aromatic heterocycles. The number of aryl methyl sites for hydroxylation is 1. The van der Waals surface area contributed by atoms with Gasteiger partial charge in [0.25, 0.3) is 10.0 Å². The van der Waals surface area contributed by atoms with Crippen LogP contribution in [-0.2, 0) is 10.0 Å². The molecule has 0 fully saturated rings. The molecule has 108 valence electrons. The third-order valence-corrected chi connectivity index (χ3v) is 4.20. The molecule has 20 heavy (non-hydrogen) atoms. The fourth-order valence-electron chi connectivity index (χ4n) is 1.74. The summed E-state index contributed by atoms with van der Waals surface area (Å²) in [5.41, 5.74) is 1.01. The van der Waals surface area contributed by atoms with Gasteiger partial charge >= 0.3 is 0 Å². The van der Waals surface area contributed by atoms with Gasteiger partial charge in [-0.25, -0.2) is 18.1 Å². The van der Waals surface area contributed by atoms with Crippen LogP contribution in [0.5, 0.6) is 0 Å². The van der Waals surface area contributed by atoms with Gasteiger partial charge in [-0.3, -0.25) is 4.90 Å². The molecule has 0 unspecified atom stereocenters. The lowest BCUT2D eigenvalue weighted by atomic mass is 10.2. The molecular formula is C13H18N4O2S. The first kappa shape index (κ1) is 14.5. The Hall–Kier alpha value is -1.86. The number of hydrogen-bond acceptors (Lipinski definition) is 5. The van der Waals surface area contributed by atoms with E-state index in [2.05, 4.69) is 21.6 Å². The van der Waals surface area contributed by atoms with Gasteiger partial charge in [-0.1, -0.05) is 23.8 Å². The van der Waals surface area contributed by atoms with Crippen molar-refractivity contribution in [3.8, 4) is 0 Å². The van der Waals surface area contributed by atoms with E-state index in [9.17, 15) is 8.42 Å². The van der Waals surface area contributed by atoms with Crippen LogP contribution in [0, 0.1) is 6.92 Å². The normalized spacial score (nSPS) is 16.1.